The Kier molecular flexibility index (Phi) is 6.60. The first-order chi connectivity index (χ1) is 8.22. The van der Waals surface area contributed by atoms with Gasteiger partial charge >= 0.3 is 0 Å². The Bertz CT molecular complexity index is 290. The van der Waals surface area contributed by atoms with Crippen LogP contribution in [0.5, 0.6) is 5.75 Å². The highest BCUT2D eigenvalue weighted by Crippen LogP contribution is 2.15. The maximum atomic E-state index is 13.4. The summed E-state index contributed by atoms with van der Waals surface area (Å²) in [5.74, 6) is 0.727. The predicted molar refractivity (Wildman–Crippen MR) is 65.9 cm³/mol. The lowest BCUT2D eigenvalue weighted by molar-refractivity contribution is 0.176. The molecule has 0 fully saturated rings. The Labute approximate surface area is 102 Å². The quantitative estimate of drug-likeness (QED) is 0.659. The van der Waals surface area contributed by atoms with Gasteiger partial charge in [-0.2, -0.15) is 0 Å². The molecule has 0 aliphatic rings. The first kappa shape index (κ1) is 13.9. The van der Waals surface area contributed by atoms with Crippen LogP contribution in [0.1, 0.15) is 32.6 Å². The number of hydrogen-bond acceptors (Lipinski definition) is 1. The molecule has 2 atom stereocenters. The van der Waals surface area contributed by atoms with Gasteiger partial charge in [-0.1, -0.05) is 31.5 Å². The molecule has 0 amide bonds. The molecule has 0 saturated heterocycles. The maximum absolute atomic E-state index is 13.4. The molecule has 0 spiro atoms. The zero-order valence-corrected chi connectivity index (χ0v) is 10.2. The van der Waals surface area contributed by atoms with Gasteiger partial charge in [0.25, 0.3) is 0 Å². The van der Waals surface area contributed by atoms with Gasteiger partial charge in [-0.15, -0.1) is 0 Å². The van der Waals surface area contributed by atoms with Gasteiger partial charge < -0.3 is 4.74 Å². The maximum Gasteiger partial charge on any atom is 0.119 e. The standard InChI is InChI=1S/C14H20F2O/c1-2-6-12(15)11-13(16)9-10-17-14-7-4-3-5-8-14/h3-5,7-8,12-13H,2,6,9-11H2,1H3. The van der Waals surface area contributed by atoms with Crippen molar-refractivity contribution in [2.75, 3.05) is 6.61 Å². The summed E-state index contributed by atoms with van der Waals surface area (Å²) in [6, 6.07) is 9.26. The lowest BCUT2D eigenvalue weighted by Crippen LogP contribution is -2.13. The van der Waals surface area contributed by atoms with Gasteiger partial charge in [-0.3, -0.25) is 0 Å². The number of ether oxygens (including phenoxy) is 1. The van der Waals surface area contributed by atoms with E-state index in [9.17, 15) is 8.78 Å². The minimum absolute atomic E-state index is 0.00795. The lowest BCUT2D eigenvalue weighted by Gasteiger charge is -2.12. The van der Waals surface area contributed by atoms with E-state index in [0.29, 0.717) is 13.0 Å². The van der Waals surface area contributed by atoms with Gasteiger partial charge in [-0.25, -0.2) is 8.78 Å². The van der Waals surface area contributed by atoms with Crippen molar-refractivity contribution < 1.29 is 13.5 Å². The summed E-state index contributed by atoms with van der Waals surface area (Å²) in [6.45, 7) is 2.20. The average Bonchev–Trinajstić information content (AvgIpc) is 2.30. The number of alkyl halides is 2. The molecule has 2 unspecified atom stereocenters. The number of benzene rings is 1. The summed E-state index contributed by atoms with van der Waals surface area (Å²) in [6.07, 6.45) is -0.689. The van der Waals surface area contributed by atoms with Gasteiger partial charge in [0, 0.05) is 12.8 Å². The Morgan fingerprint density at radius 2 is 1.71 bits per heavy atom. The molecule has 0 heterocycles. The van der Waals surface area contributed by atoms with Crippen LogP contribution in [0.4, 0.5) is 8.78 Å². The molecular formula is C14H20F2O. The first-order valence-corrected chi connectivity index (χ1v) is 6.18. The third-order valence-corrected chi connectivity index (χ3v) is 2.56. The topological polar surface area (TPSA) is 9.23 Å². The highest BCUT2D eigenvalue weighted by Gasteiger charge is 2.14. The highest BCUT2D eigenvalue weighted by molar-refractivity contribution is 5.20. The second-order valence-electron chi connectivity index (χ2n) is 4.17. The van der Waals surface area contributed by atoms with Crippen LogP contribution < -0.4 is 4.74 Å². The molecule has 1 rings (SSSR count). The summed E-state index contributed by atoms with van der Waals surface area (Å²) in [7, 11) is 0. The normalized spacial score (nSPS) is 14.3. The Morgan fingerprint density at radius 3 is 2.35 bits per heavy atom. The zero-order valence-electron chi connectivity index (χ0n) is 10.2. The minimum Gasteiger partial charge on any atom is -0.493 e. The molecule has 17 heavy (non-hydrogen) atoms. The van der Waals surface area contributed by atoms with E-state index in [2.05, 4.69) is 0 Å². The minimum atomic E-state index is -1.11. The highest BCUT2D eigenvalue weighted by atomic mass is 19.1. The SMILES string of the molecule is CCCC(F)CC(F)CCOc1ccccc1. The van der Waals surface area contributed by atoms with Crippen molar-refractivity contribution in [2.45, 2.75) is 45.0 Å². The van der Waals surface area contributed by atoms with Gasteiger partial charge in [0.1, 0.15) is 18.1 Å². The smallest absolute Gasteiger partial charge is 0.119 e. The molecule has 0 aliphatic carbocycles. The van der Waals surface area contributed by atoms with Gasteiger partial charge in [0.15, 0.2) is 0 Å². The third-order valence-electron chi connectivity index (χ3n) is 2.56. The fourth-order valence-corrected chi connectivity index (χ4v) is 1.65. The van der Waals surface area contributed by atoms with E-state index in [1.807, 2.05) is 37.3 Å². The van der Waals surface area contributed by atoms with Gasteiger partial charge in [-0.05, 0) is 18.6 Å². The molecule has 0 saturated carbocycles. The van der Waals surface area contributed by atoms with Crippen molar-refractivity contribution in [3.05, 3.63) is 30.3 Å². The number of halogens is 2. The van der Waals surface area contributed by atoms with Crippen LogP contribution >= 0.6 is 0 Å². The Hall–Kier alpha value is -1.12. The molecule has 0 bridgehead atoms. The molecular weight excluding hydrogens is 222 g/mol. The van der Waals surface area contributed by atoms with E-state index in [1.54, 1.807) is 0 Å². The third kappa shape index (κ3) is 6.25. The molecule has 96 valence electrons. The van der Waals surface area contributed by atoms with Crippen molar-refractivity contribution in [1.29, 1.82) is 0 Å². The summed E-state index contributed by atoms with van der Waals surface area (Å²) in [4.78, 5) is 0. The molecule has 1 aromatic rings. The summed E-state index contributed by atoms with van der Waals surface area (Å²) in [5.41, 5.74) is 0. The molecule has 0 radical (unpaired) electrons. The number of para-hydroxylation sites is 1. The van der Waals surface area contributed by atoms with Crippen LogP contribution in [0.15, 0.2) is 30.3 Å². The molecule has 0 N–H and O–H groups in total. The average molecular weight is 242 g/mol. The second kappa shape index (κ2) is 8.04. The molecule has 1 aromatic carbocycles. The summed E-state index contributed by atoms with van der Waals surface area (Å²) >= 11 is 0. The predicted octanol–water partition coefficient (Wildman–Crippen LogP) is 4.32. The van der Waals surface area contributed by atoms with Crippen molar-refractivity contribution in [3.63, 3.8) is 0 Å². The van der Waals surface area contributed by atoms with Crippen LogP contribution in [0.2, 0.25) is 0 Å². The van der Waals surface area contributed by atoms with E-state index in [1.165, 1.54) is 0 Å². The first-order valence-electron chi connectivity index (χ1n) is 6.18. The van der Waals surface area contributed by atoms with Crippen LogP contribution in [-0.2, 0) is 0 Å². The molecule has 3 heteroatoms. The number of rotatable bonds is 8. The summed E-state index contributed by atoms with van der Waals surface area (Å²) in [5, 5.41) is 0. The molecule has 1 nitrogen and oxygen atoms in total. The van der Waals surface area contributed by atoms with E-state index in [-0.39, 0.29) is 12.8 Å². The zero-order chi connectivity index (χ0) is 12.5. The fourth-order valence-electron chi connectivity index (χ4n) is 1.65. The van der Waals surface area contributed by atoms with Gasteiger partial charge in [0.2, 0.25) is 0 Å². The largest absolute Gasteiger partial charge is 0.493 e. The second-order valence-corrected chi connectivity index (χ2v) is 4.17. The lowest BCUT2D eigenvalue weighted by atomic mass is 10.1. The summed E-state index contributed by atoms with van der Waals surface area (Å²) < 4.78 is 31.8. The van der Waals surface area contributed by atoms with Crippen LogP contribution in [-0.4, -0.2) is 19.0 Å². The van der Waals surface area contributed by atoms with Crippen molar-refractivity contribution >= 4 is 0 Å². The van der Waals surface area contributed by atoms with E-state index in [4.69, 9.17) is 4.74 Å². The van der Waals surface area contributed by atoms with Crippen LogP contribution in [0, 0.1) is 0 Å². The van der Waals surface area contributed by atoms with E-state index < -0.39 is 12.3 Å². The Balaban J connectivity index is 2.14. The van der Waals surface area contributed by atoms with E-state index >= 15 is 0 Å². The monoisotopic (exact) mass is 242 g/mol. The van der Waals surface area contributed by atoms with Crippen molar-refractivity contribution in [1.82, 2.24) is 0 Å². The van der Waals surface area contributed by atoms with Crippen LogP contribution in [0.25, 0.3) is 0 Å². The van der Waals surface area contributed by atoms with Crippen molar-refractivity contribution in [3.8, 4) is 5.75 Å². The van der Waals surface area contributed by atoms with Gasteiger partial charge in [0.05, 0.1) is 6.61 Å². The van der Waals surface area contributed by atoms with Crippen molar-refractivity contribution in [2.24, 2.45) is 0 Å². The van der Waals surface area contributed by atoms with Crippen LogP contribution in [0.3, 0.4) is 0 Å². The molecule has 0 aliphatic heterocycles. The molecule has 0 aromatic heterocycles. The number of hydrogen-bond donors (Lipinski definition) is 0. The van der Waals surface area contributed by atoms with E-state index in [0.717, 1.165) is 12.2 Å². The fraction of sp³-hybridized carbons (Fsp3) is 0.571. The Morgan fingerprint density at radius 1 is 1.06 bits per heavy atom.